The molecular weight excluding hydrogens is 351 g/mol. The van der Waals surface area contributed by atoms with Crippen molar-refractivity contribution >= 4 is 15.9 Å². The van der Waals surface area contributed by atoms with Crippen molar-refractivity contribution < 1.29 is 8.91 Å². The van der Waals surface area contributed by atoms with E-state index in [0.717, 1.165) is 15.9 Å². The van der Waals surface area contributed by atoms with Crippen LogP contribution in [0.5, 0.6) is 0 Å². The fourth-order valence-corrected chi connectivity index (χ4v) is 2.51. The van der Waals surface area contributed by atoms with Crippen LogP contribution >= 0.6 is 15.9 Å². The molecular formula is C15H14BrFN4O. The second-order valence-corrected chi connectivity index (χ2v) is 5.86. The van der Waals surface area contributed by atoms with E-state index in [1.54, 1.807) is 12.1 Å². The molecule has 3 aromatic rings. The number of nitrogens with zero attached hydrogens (tertiary/aromatic N) is 4. The molecule has 1 atom stereocenters. The zero-order valence-corrected chi connectivity index (χ0v) is 13.9. The van der Waals surface area contributed by atoms with E-state index in [4.69, 9.17) is 4.52 Å². The van der Waals surface area contributed by atoms with Gasteiger partial charge in [0.05, 0.1) is 15.9 Å². The largest absolute Gasteiger partial charge is 0.337 e. The van der Waals surface area contributed by atoms with Gasteiger partial charge in [0, 0.05) is 5.56 Å². The molecule has 0 bridgehead atoms. The number of aromatic nitrogens is 4. The van der Waals surface area contributed by atoms with Gasteiger partial charge in [-0.25, -0.2) is 4.39 Å². The standard InChI is InChI=1S/C15H14BrFN4O/c1-8-13(16)9(2)21(19-8)10(3)15-18-14(20-22-15)11-4-6-12(17)7-5-11/h4-7,10H,1-3H3. The van der Waals surface area contributed by atoms with E-state index < -0.39 is 0 Å². The highest BCUT2D eigenvalue weighted by atomic mass is 79.9. The molecule has 0 aliphatic rings. The van der Waals surface area contributed by atoms with E-state index in [2.05, 4.69) is 31.2 Å². The Balaban J connectivity index is 1.93. The SMILES string of the molecule is Cc1nn(C(C)c2nc(-c3ccc(F)cc3)no2)c(C)c1Br. The predicted octanol–water partition coefficient (Wildman–Crippen LogP) is 4.06. The third kappa shape index (κ3) is 2.56. The molecule has 0 aliphatic heterocycles. The summed E-state index contributed by atoms with van der Waals surface area (Å²) in [5.74, 6) is 0.591. The minimum absolute atomic E-state index is 0.188. The van der Waals surface area contributed by atoms with E-state index >= 15 is 0 Å². The zero-order chi connectivity index (χ0) is 15.9. The van der Waals surface area contributed by atoms with Gasteiger partial charge in [-0.15, -0.1) is 0 Å². The van der Waals surface area contributed by atoms with Crippen molar-refractivity contribution in [2.45, 2.75) is 26.8 Å². The Kier molecular flexibility index (Phi) is 3.82. The van der Waals surface area contributed by atoms with Crippen LogP contribution in [0.15, 0.2) is 33.3 Å². The lowest BCUT2D eigenvalue weighted by Crippen LogP contribution is -2.10. The first kappa shape index (κ1) is 14.9. The summed E-state index contributed by atoms with van der Waals surface area (Å²) >= 11 is 3.50. The first-order valence-electron chi connectivity index (χ1n) is 6.78. The van der Waals surface area contributed by atoms with Crippen LogP contribution in [-0.2, 0) is 0 Å². The lowest BCUT2D eigenvalue weighted by atomic mass is 10.2. The average molecular weight is 365 g/mol. The van der Waals surface area contributed by atoms with E-state index in [1.165, 1.54) is 12.1 Å². The maximum absolute atomic E-state index is 13.0. The summed E-state index contributed by atoms with van der Waals surface area (Å²) in [5, 5.41) is 8.43. The molecule has 1 unspecified atom stereocenters. The number of hydrogen-bond acceptors (Lipinski definition) is 4. The predicted molar refractivity (Wildman–Crippen MR) is 82.9 cm³/mol. The van der Waals surface area contributed by atoms with Crippen molar-refractivity contribution in [2.75, 3.05) is 0 Å². The Morgan fingerprint density at radius 1 is 1.23 bits per heavy atom. The quantitative estimate of drug-likeness (QED) is 0.702. The van der Waals surface area contributed by atoms with Crippen LogP contribution < -0.4 is 0 Å². The van der Waals surface area contributed by atoms with E-state index in [1.807, 2.05) is 25.5 Å². The Hall–Kier alpha value is -2.02. The molecule has 2 aromatic heterocycles. The van der Waals surface area contributed by atoms with Gasteiger partial charge in [0.1, 0.15) is 11.9 Å². The smallest absolute Gasteiger partial charge is 0.251 e. The summed E-state index contributed by atoms with van der Waals surface area (Å²) in [4.78, 5) is 4.39. The van der Waals surface area contributed by atoms with Crippen LogP contribution in [-0.4, -0.2) is 19.9 Å². The van der Waals surface area contributed by atoms with E-state index in [-0.39, 0.29) is 11.9 Å². The third-order valence-corrected chi connectivity index (χ3v) is 4.65. The van der Waals surface area contributed by atoms with Crippen LogP contribution in [0.3, 0.4) is 0 Å². The molecule has 0 amide bonds. The fourth-order valence-electron chi connectivity index (χ4n) is 2.25. The minimum Gasteiger partial charge on any atom is -0.337 e. The van der Waals surface area contributed by atoms with Crippen molar-refractivity contribution in [3.05, 3.63) is 51.8 Å². The van der Waals surface area contributed by atoms with Crippen molar-refractivity contribution in [3.8, 4) is 11.4 Å². The summed E-state index contributed by atoms with van der Waals surface area (Å²) in [6.07, 6.45) is 0. The lowest BCUT2D eigenvalue weighted by Gasteiger charge is -2.09. The van der Waals surface area contributed by atoms with Crippen molar-refractivity contribution in [1.29, 1.82) is 0 Å². The maximum atomic E-state index is 13.0. The molecule has 0 saturated carbocycles. The number of rotatable bonds is 3. The number of hydrogen-bond donors (Lipinski definition) is 0. The van der Waals surface area contributed by atoms with Gasteiger partial charge in [0.25, 0.3) is 5.89 Å². The Bertz CT molecular complexity index is 810. The lowest BCUT2D eigenvalue weighted by molar-refractivity contribution is 0.334. The molecule has 0 N–H and O–H groups in total. The van der Waals surface area contributed by atoms with Crippen LogP contribution in [0.25, 0.3) is 11.4 Å². The maximum Gasteiger partial charge on any atom is 0.251 e. The molecule has 0 aliphatic carbocycles. The van der Waals surface area contributed by atoms with Gasteiger partial charge in [-0.05, 0) is 61.0 Å². The highest BCUT2D eigenvalue weighted by molar-refractivity contribution is 9.10. The molecule has 22 heavy (non-hydrogen) atoms. The van der Waals surface area contributed by atoms with Crippen LogP contribution in [0.4, 0.5) is 4.39 Å². The van der Waals surface area contributed by atoms with Crippen LogP contribution in [0.1, 0.15) is 30.2 Å². The van der Waals surface area contributed by atoms with E-state index in [0.29, 0.717) is 17.3 Å². The normalized spacial score (nSPS) is 12.6. The highest BCUT2D eigenvalue weighted by Gasteiger charge is 2.21. The zero-order valence-electron chi connectivity index (χ0n) is 12.3. The van der Waals surface area contributed by atoms with Gasteiger partial charge < -0.3 is 4.52 Å². The molecule has 0 saturated heterocycles. The second kappa shape index (κ2) is 5.64. The van der Waals surface area contributed by atoms with Gasteiger partial charge in [-0.1, -0.05) is 5.16 Å². The Morgan fingerprint density at radius 2 is 1.91 bits per heavy atom. The summed E-state index contributed by atoms with van der Waals surface area (Å²) < 4.78 is 21.1. The molecule has 114 valence electrons. The molecule has 0 radical (unpaired) electrons. The van der Waals surface area contributed by atoms with Crippen molar-refractivity contribution in [1.82, 2.24) is 19.9 Å². The number of halogens is 2. The minimum atomic E-state index is -0.298. The topological polar surface area (TPSA) is 56.7 Å². The Morgan fingerprint density at radius 3 is 2.50 bits per heavy atom. The summed E-state index contributed by atoms with van der Waals surface area (Å²) in [5.41, 5.74) is 2.60. The summed E-state index contributed by atoms with van der Waals surface area (Å²) in [7, 11) is 0. The van der Waals surface area contributed by atoms with Crippen LogP contribution in [0.2, 0.25) is 0 Å². The van der Waals surface area contributed by atoms with Crippen LogP contribution in [0, 0.1) is 19.7 Å². The molecule has 1 aromatic carbocycles. The van der Waals surface area contributed by atoms with Gasteiger partial charge in [0.15, 0.2) is 0 Å². The molecule has 2 heterocycles. The van der Waals surface area contributed by atoms with Gasteiger partial charge >= 0.3 is 0 Å². The monoisotopic (exact) mass is 364 g/mol. The fraction of sp³-hybridized carbons (Fsp3) is 0.267. The van der Waals surface area contributed by atoms with Gasteiger partial charge in [-0.2, -0.15) is 10.1 Å². The van der Waals surface area contributed by atoms with Gasteiger partial charge in [-0.3, -0.25) is 4.68 Å². The second-order valence-electron chi connectivity index (χ2n) is 5.07. The Labute approximate surface area is 135 Å². The summed E-state index contributed by atoms with van der Waals surface area (Å²) in [6.45, 7) is 5.84. The molecule has 0 fully saturated rings. The van der Waals surface area contributed by atoms with E-state index in [9.17, 15) is 4.39 Å². The molecule has 0 spiro atoms. The van der Waals surface area contributed by atoms with Crippen molar-refractivity contribution in [3.63, 3.8) is 0 Å². The molecule has 3 rings (SSSR count). The molecule has 7 heteroatoms. The first-order chi connectivity index (χ1) is 10.5. The number of benzene rings is 1. The third-order valence-electron chi connectivity index (χ3n) is 3.51. The molecule has 5 nitrogen and oxygen atoms in total. The van der Waals surface area contributed by atoms with Gasteiger partial charge in [0.2, 0.25) is 5.82 Å². The highest BCUT2D eigenvalue weighted by Crippen LogP contribution is 2.26. The first-order valence-corrected chi connectivity index (χ1v) is 7.57. The number of aryl methyl sites for hydroxylation is 1. The van der Waals surface area contributed by atoms with Crippen molar-refractivity contribution in [2.24, 2.45) is 0 Å². The average Bonchev–Trinajstić information content (AvgIpc) is 3.09. The summed E-state index contributed by atoms with van der Waals surface area (Å²) in [6, 6.07) is 5.79.